The number of nitrogens with zero attached hydrogens (tertiary/aromatic N) is 1. The Labute approximate surface area is 127 Å². The van der Waals surface area contributed by atoms with Crippen LogP contribution in [0.2, 0.25) is 0 Å². The molecule has 0 bridgehead atoms. The first-order chi connectivity index (χ1) is 9.12. The lowest BCUT2D eigenvalue weighted by Crippen LogP contribution is -2.46. The molecule has 0 aromatic heterocycles. The quantitative estimate of drug-likeness (QED) is 0.911. The van der Waals surface area contributed by atoms with Crippen molar-refractivity contribution in [2.24, 2.45) is 0 Å². The highest BCUT2D eigenvalue weighted by molar-refractivity contribution is 9.10. The van der Waals surface area contributed by atoms with E-state index in [1.165, 1.54) is 0 Å². The highest BCUT2D eigenvalue weighted by atomic mass is 79.9. The molecule has 1 rings (SSSR count). The van der Waals surface area contributed by atoms with E-state index in [0.717, 1.165) is 10.0 Å². The zero-order chi connectivity index (χ0) is 15.5. The van der Waals surface area contributed by atoms with E-state index in [4.69, 9.17) is 5.11 Å². The normalized spacial score (nSPS) is 11.2. The lowest BCUT2D eigenvalue weighted by molar-refractivity contribution is -0.137. The van der Waals surface area contributed by atoms with Crippen LogP contribution in [0, 0.1) is 6.92 Å². The van der Waals surface area contributed by atoms with Crippen LogP contribution in [0.5, 0.6) is 0 Å². The van der Waals surface area contributed by atoms with Gasteiger partial charge in [0, 0.05) is 22.1 Å². The number of carboxylic acids is 1. The Balaban J connectivity index is 3.03. The van der Waals surface area contributed by atoms with Crippen LogP contribution in [0.25, 0.3) is 0 Å². The van der Waals surface area contributed by atoms with Crippen molar-refractivity contribution in [3.05, 3.63) is 33.8 Å². The van der Waals surface area contributed by atoms with Crippen LogP contribution in [0.4, 0.5) is 0 Å². The second-order valence-electron chi connectivity index (χ2n) is 5.74. The van der Waals surface area contributed by atoms with Crippen molar-refractivity contribution in [1.29, 1.82) is 0 Å². The predicted octanol–water partition coefficient (Wildman–Crippen LogP) is 3.47. The van der Waals surface area contributed by atoms with Gasteiger partial charge in [0.1, 0.15) is 0 Å². The van der Waals surface area contributed by atoms with Crippen LogP contribution in [0.1, 0.15) is 43.1 Å². The van der Waals surface area contributed by atoms with Crippen LogP contribution in [-0.4, -0.2) is 34.0 Å². The highest BCUT2D eigenvalue weighted by Crippen LogP contribution is 2.21. The van der Waals surface area contributed by atoms with Crippen molar-refractivity contribution < 1.29 is 14.7 Å². The van der Waals surface area contributed by atoms with Gasteiger partial charge in [-0.2, -0.15) is 0 Å². The van der Waals surface area contributed by atoms with Crippen molar-refractivity contribution in [2.75, 3.05) is 6.54 Å². The van der Waals surface area contributed by atoms with Gasteiger partial charge in [0.05, 0.1) is 6.42 Å². The molecule has 1 amide bonds. The molecular weight excluding hydrogens is 322 g/mol. The average molecular weight is 342 g/mol. The number of carboxylic acid groups (broad SMARTS) is 1. The minimum Gasteiger partial charge on any atom is -0.481 e. The summed E-state index contributed by atoms with van der Waals surface area (Å²) in [5.74, 6) is -1.05. The smallest absolute Gasteiger partial charge is 0.305 e. The molecule has 1 aromatic rings. The number of hydrogen-bond donors (Lipinski definition) is 1. The number of benzene rings is 1. The number of aryl methyl sites for hydroxylation is 1. The summed E-state index contributed by atoms with van der Waals surface area (Å²) >= 11 is 3.40. The van der Waals surface area contributed by atoms with E-state index in [-0.39, 0.29) is 18.9 Å². The molecule has 0 atom stereocenters. The van der Waals surface area contributed by atoms with Gasteiger partial charge < -0.3 is 10.0 Å². The topological polar surface area (TPSA) is 57.6 Å². The molecule has 0 spiro atoms. The summed E-state index contributed by atoms with van der Waals surface area (Å²) in [4.78, 5) is 24.9. The molecule has 0 heterocycles. The van der Waals surface area contributed by atoms with E-state index in [2.05, 4.69) is 15.9 Å². The largest absolute Gasteiger partial charge is 0.481 e. The first-order valence-corrected chi connectivity index (χ1v) is 7.22. The van der Waals surface area contributed by atoms with Gasteiger partial charge in [0.2, 0.25) is 0 Å². The zero-order valence-corrected chi connectivity index (χ0v) is 13.8. The number of carbonyl (C=O) groups is 2. The Kier molecular flexibility index (Phi) is 5.34. The molecule has 0 radical (unpaired) electrons. The molecule has 0 saturated carbocycles. The number of rotatable bonds is 4. The van der Waals surface area contributed by atoms with Gasteiger partial charge in [0.15, 0.2) is 0 Å². The highest BCUT2D eigenvalue weighted by Gasteiger charge is 2.27. The second-order valence-corrected chi connectivity index (χ2v) is 6.59. The SMILES string of the molecule is Cc1cc(C(=O)N(CCC(=O)O)C(C)(C)C)ccc1Br. The maximum Gasteiger partial charge on any atom is 0.305 e. The van der Waals surface area contributed by atoms with E-state index in [1.54, 1.807) is 11.0 Å². The Morgan fingerprint density at radius 2 is 1.90 bits per heavy atom. The van der Waals surface area contributed by atoms with Crippen LogP contribution in [0.15, 0.2) is 22.7 Å². The van der Waals surface area contributed by atoms with Crippen LogP contribution < -0.4 is 0 Å². The zero-order valence-electron chi connectivity index (χ0n) is 12.2. The van der Waals surface area contributed by atoms with E-state index >= 15 is 0 Å². The fourth-order valence-corrected chi connectivity index (χ4v) is 2.13. The molecule has 0 aliphatic rings. The standard InChI is InChI=1S/C15H20BrNO3/c1-10-9-11(5-6-12(10)16)14(20)17(15(2,3)4)8-7-13(18)19/h5-6,9H,7-8H2,1-4H3,(H,18,19). The van der Waals surface area contributed by atoms with Gasteiger partial charge in [-0.25, -0.2) is 0 Å². The first-order valence-electron chi connectivity index (χ1n) is 6.43. The summed E-state index contributed by atoms with van der Waals surface area (Å²) in [6.07, 6.45) is -0.0570. The minimum atomic E-state index is -0.904. The van der Waals surface area contributed by atoms with E-state index < -0.39 is 11.5 Å². The van der Waals surface area contributed by atoms with Gasteiger partial charge in [-0.3, -0.25) is 9.59 Å². The van der Waals surface area contributed by atoms with Crippen LogP contribution in [0.3, 0.4) is 0 Å². The van der Waals surface area contributed by atoms with Crippen molar-refractivity contribution in [3.63, 3.8) is 0 Å². The molecular formula is C15H20BrNO3. The summed E-state index contributed by atoms with van der Waals surface area (Å²) in [6.45, 7) is 7.82. The molecule has 0 fully saturated rings. The van der Waals surface area contributed by atoms with Gasteiger partial charge >= 0.3 is 5.97 Å². The van der Waals surface area contributed by atoms with Crippen LogP contribution in [-0.2, 0) is 4.79 Å². The summed E-state index contributed by atoms with van der Waals surface area (Å²) in [6, 6.07) is 5.39. The molecule has 4 nitrogen and oxygen atoms in total. The molecule has 0 saturated heterocycles. The Morgan fingerprint density at radius 1 is 1.30 bits per heavy atom. The Bertz CT molecular complexity index is 520. The van der Waals surface area contributed by atoms with Gasteiger partial charge in [-0.15, -0.1) is 0 Å². The molecule has 5 heteroatoms. The van der Waals surface area contributed by atoms with E-state index in [0.29, 0.717) is 5.56 Å². The molecule has 0 aliphatic heterocycles. The third kappa shape index (κ3) is 4.34. The molecule has 1 aromatic carbocycles. The number of aliphatic carboxylic acids is 1. The van der Waals surface area contributed by atoms with Gasteiger partial charge in [-0.05, 0) is 51.5 Å². The molecule has 1 N–H and O–H groups in total. The summed E-state index contributed by atoms with van der Waals surface area (Å²) in [5, 5.41) is 8.82. The first kappa shape index (κ1) is 16.7. The molecule has 0 aliphatic carbocycles. The number of hydrogen-bond acceptors (Lipinski definition) is 2. The van der Waals surface area contributed by atoms with E-state index in [1.807, 2.05) is 39.8 Å². The average Bonchev–Trinajstić information content (AvgIpc) is 2.30. The van der Waals surface area contributed by atoms with Crippen LogP contribution >= 0.6 is 15.9 Å². The lowest BCUT2D eigenvalue weighted by Gasteiger charge is -2.35. The lowest BCUT2D eigenvalue weighted by atomic mass is 10.0. The predicted molar refractivity (Wildman–Crippen MR) is 81.9 cm³/mol. The molecule has 110 valence electrons. The van der Waals surface area contributed by atoms with Gasteiger partial charge in [0.25, 0.3) is 5.91 Å². The number of halogens is 1. The molecule has 0 unspecified atom stereocenters. The third-order valence-electron chi connectivity index (χ3n) is 3.01. The van der Waals surface area contributed by atoms with Gasteiger partial charge in [-0.1, -0.05) is 15.9 Å². The van der Waals surface area contributed by atoms with E-state index in [9.17, 15) is 9.59 Å². The van der Waals surface area contributed by atoms with Crippen molar-refractivity contribution in [1.82, 2.24) is 4.90 Å². The van der Waals surface area contributed by atoms with Crippen molar-refractivity contribution in [3.8, 4) is 0 Å². The monoisotopic (exact) mass is 341 g/mol. The summed E-state index contributed by atoms with van der Waals surface area (Å²) in [5.41, 5.74) is 1.13. The van der Waals surface area contributed by atoms with Crippen molar-refractivity contribution in [2.45, 2.75) is 39.7 Å². The second kappa shape index (κ2) is 6.39. The number of carbonyl (C=O) groups excluding carboxylic acids is 1. The fourth-order valence-electron chi connectivity index (χ4n) is 1.88. The summed E-state index contributed by atoms with van der Waals surface area (Å²) in [7, 11) is 0. The molecule has 20 heavy (non-hydrogen) atoms. The fraction of sp³-hybridized carbons (Fsp3) is 0.467. The maximum absolute atomic E-state index is 12.6. The Morgan fingerprint density at radius 3 is 2.35 bits per heavy atom. The minimum absolute atomic E-state index is 0.0570. The maximum atomic E-state index is 12.6. The summed E-state index contributed by atoms with van der Waals surface area (Å²) < 4.78 is 0.946. The Hall–Kier alpha value is -1.36. The third-order valence-corrected chi connectivity index (χ3v) is 3.90. The van der Waals surface area contributed by atoms with Crippen molar-refractivity contribution >= 4 is 27.8 Å². The number of amides is 1.